The van der Waals surface area contributed by atoms with E-state index in [1.807, 2.05) is 62.4 Å². The summed E-state index contributed by atoms with van der Waals surface area (Å²) in [5.41, 5.74) is 8.55. The molecule has 7 heteroatoms. The van der Waals surface area contributed by atoms with E-state index in [4.69, 9.17) is 15.2 Å². The van der Waals surface area contributed by atoms with Crippen LogP contribution in [0.4, 0.5) is 5.82 Å². The first-order valence-electron chi connectivity index (χ1n) is 10.9. The molecule has 0 aliphatic heterocycles. The number of nitrogens with one attached hydrogen (secondary N) is 1. The number of para-hydroxylation sites is 1. The lowest BCUT2D eigenvalue weighted by atomic mass is 10.0. The molecule has 1 aromatic heterocycles. The van der Waals surface area contributed by atoms with E-state index in [2.05, 4.69) is 10.3 Å². The van der Waals surface area contributed by atoms with Gasteiger partial charge in [0.25, 0.3) is 5.91 Å². The molecule has 0 radical (unpaired) electrons. The minimum absolute atomic E-state index is 0. The molecule has 0 bridgehead atoms. The van der Waals surface area contributed by atoms with Gasteiger partial charge in [-0.3, -0.25) is 4.79 Å². The number of carbonyl (C=O) groups excluding carboxylic acids is 2. The SMILES string of the molecule is CC.Cc1cnc(N)c(C(=O)NCCc2ccccc2)c1COC(=O)COc1ccccc1.[HH]. The molecule has 0 saturated heterocycles. The maximum Gasteiger partial charge on any atom is 0.344 e. The van der Waals surface area contributed by atoms with Gasteiger partial charge < -0.3 is 20.5 Å². The Balaban J connectivity index is 0.00000188. The summed E-state index contributed by atoms with van der Waals surface area (Å²) in [5, 5.41) is 2.87. The highest BCUT2D eigenvalue weighted by Gasteiger charge is 2.19. The van der Waals surface area contributed by atoms with Crippen LogP contribution >= 0.6 is 0 Å². The van der Waals surface area contributed by atoms with Crippen LogP contribution in [0.25, 0.3) is 0 Å². The molecule has 7 nitrogen and oxygen atoms in total. The van der Waals surface area contributed by atoms with Crippen LogP contribution in [-0.2, 0) is 22.6 Å². The number of hydrogen-bond donors (Lipinski definition) is 2. The first kappa shape index (κ1) is 25.4. The first-order chi connectivity index (χ1) is 16.0. The third-order valence-electron chi connectivity index (χ3n) is 4.68. The van der Waals surface area contributed by atoms with Crippen molar-refractivity contribution >= 4 is 17.7 Å². The second-order valence-electron chi connectivity index (χ2n) is 6.93. The molecule has 0 fully saturated rings. The Morgan fingerprint density at radius 3 is 2.33 bits per heavy atom. The Labute approximate surface area is 196 Å². The predicted molar refractivity (Wildman–Crippen MR) is 131 cm³/mol. The molecule has 3 aromatic rings. The number of carbonyl (C=O) groups is 2. The van der Waals surface area contributed by atoms with Crippen LogP contribution in [0.2, 0.25) is 0 Å². The summed E-state index contributed by atoms with van der Waals surface area (Å²) in [6.07, 6.45) is 2.24. The number of anilines is 1. The molecule has 0 atom stereocenters. The van der Waals surface area contributed by atoms with Crippen LogP contribution in [0.3, 0.4) is 0 Å². The number of aryl methyl sites for hydroxylation is 1. The molecule has 3 rings (SSSR count). The average Bonchev–Trinajstić information content (AvgIpc) is 2.85. The monoisotopic (exact) mass is 451 g/mol. The van der Waals surface area contributed by atoms with Gasteiger partial charge in [-0.05, 0) is 36.6 Å². The van der Waals surface area contributed by atoms with Gasteiger partial charge in [-0.1, -0.05) is 62.4 Å². The Morgan fingerprint density at radius 1 is 1.03 bits per heavy atom. The Hall–Kier alpha value is -3.87. The van der Waals surface area contributed by atoms with Crippen molar-refractivity contribution in [1.82, 2.24) is 10.3 Å². The fourth-order valence-electron chi connectivity index (χ4n) is 3.01. The second kappa shape index (κ2) is 13.5. The van der Waals surface area contributed by atoms with Crippen molar-refractivity contribution in [2.24, 2.45) is 0 Å². The van der Waals surface area contributed by atoms with Crippen LogP contribution in [0.5, 0.6) is 5.75 Å². The number of aromatic nitrogens is 1. The standard InChI is InChI=1S/C24H25N3O4.C2H6.H2/c1-17-14-27-23(25)22(24(29)26-13-12-18-8-4-2-5-9-18)20(17)15-31-21(28)16-30-19-10-6-3-7-11-19;1-2;/h2-11,14H,12-13,15-16H2,1H3,(H2,25,27)(H,26,29);1-2H3;1H. The van der Waals surface area contributed by atoms with Gasteiger partial charge in [0.15, 0.2) is 6.61 Å². The molecule has 1 amide bonds. The number of esters is 1. The Morgan fingerprint density at radius 2 is 1.67 bits per heavy atom. The maximum absolute atomic E-state index is 12.8. The molecule has 0 saturated carbocycles. The van der Waals surface area contributed by atoms with E-state index < -0.39 is 5.97 Å². The quantitative estimate of drug-likeness (QED) is 0.469. The lowest BCUT2D eigenvalue weighted by molar-refractivity contribution is -0.147. The summed E-state index contributed by atoms with van der Waals surface area (Å²) >= 11 is 0. The zero-order valence-corrected chi connectivity index (χ0v) is 19.3. The van der Waals surface area contributed by atoms with Gasteiger partial charge in [0, 0.05) is 19.7 Å². The number of rotatable bonds is 9. The number of nitrogens with zero attached hydrogens (tertiary/aromatic N) is 1. The topological polar surface area (TPSA) is 104 Å². The molecule has 0 unspecified atom stereocenters. The molecule has 176 valence electrons. The third kappa shape index (κ3) is 7.96. The van der Waals surface area contributed by atoms with E-state index >= 15 is 0 Å². The molecule has 0 spiro atoms. The molecular formula is C26H33N3O4. The number of hydrogen-bond acceptors (Lipinski definition) is 6. The Bertz CT molecular complexity index is 1030. The average molecular weight is 452 g/mol. The highest BCUT2D eigenvalue weighted by atomic mass is 16.6. The van der Waals surface area contributed by atoms with Gasteiger partial charge in [0.05, 0.1) is 5.56 Å². The maximum atomic E-state index is 12.8. The van der Waals surface area contributed by atoms with Gasteiger partial charge >= 0.3 is 5.97 Å². The summed E-state index contributed by atoms with van der Waals surface area (Å²) in [6.45, 7) is 5.90. The van der Waals surface area contributed by atoms with Crippen molar-refractivity contribution in [3.8, 4) is 5.75 Å². The van der Waals surface area contributed by atoms with Crippen molar-refractivity contribution < 1.29 is 20.5 Å². The fourth-order valence-corrected chi connectivity index (χ4v) is 3.01. The molecule has 33 heavy (non-hydrogen) atoms. The van der Waals surface area contributed by atoms with Crippen molar-refractivity contribution in [1.29, 1.82) is 0 Å². The second-order valence-corrected chi connectivity index (χ2v) is 6.93. The van der Waals surface area contributed by atoms with Crippen molar-refractivity contribution in [3.05, 3.63) is 89.1 Å². The number of nitrogen functional groups attached to an aromatic ring is 1. The van der Waals surface area contributed by atoms with E-state index in [1.165, 1.54) is 0 Å². The van der Waals surface area contributed by atoms with E-state index in [0.29, 0.717) is 29.8 Å². The normalized spacial score (nSPS) is 9.91. The summed E-state index contributed by atoms with van der Waals surface area (Å²) in [7, 11) is 0. The smallest absolute Gasteiger partial charge is 0.344 e. The zero-order chi connectivity index (χ0) is 24.1. The number of ether oxygens (including phenoxy) is 2. The molecule has 0 aliphatic carbocycles. The number of nitrogens with two attached hydrogens (primary N) is 1. The number of pyridine rings is 1. The van der Waals surface area contributed by atoms with Crippen molar-refractivity contribution in [2.45, 2.75) is 33.8 Å². The highest BCUT2D eigenvalue weighted by molar-refractivity contribution is 6.00. The molecule has 0 aliphatic rings. The summed E-state index contributed by atoms with van der Waals surface area (Å²) < 4.78 is 10.7. The number of benzene rings is 2. The lowest BCUT2D eigenvalue weighted by Gasteiger charge is -2.15. The van der Waals surface area contributed by atoms with Crippen molar-refractivity contribution in [2.75, 3.05) is 18.9 Å². The molecular weight excluding hydrogens is 418 g/mol. The molecule has 2 aromatic carbocycles. The Kier molecular flexibility index (Phi) is 10.4. The predicted octanol–water partition coefficient (Wildman–Crippen LogP) is 4.34. The highest BCUT2D eigenvalue weighted by Crippen LogP contribution is 2.20. The third-order valence-corrected chi connectivity index (χ3v) is 4.68. The van der Waals surface area contributed by atoms with Gasteiger partial charge in [-0.25, -0.2) is 9.78 Å². The van der Waals surface area contributed by atoms with Crippen LogP contribution in [0.1, 0.15) is 42.3 Å². The van der Waals surface area contributed by atoms with Crippen molar-refractivity contribution in [3.63, 3.8) is 0 Å². The van der Waals surface area contributed by atoms with E-state index in [1.54, 1.807) is 25.3 Å². The molecule has 3 N–H and O–H groups in total. The number of amides is 1. The van der Waals surface area contributed by atoms with Crippen LogP contribution in [-0.4, -0.2) is 30.0 Å². The first-order valence-corrected chi connectivity index (χ1v) is 10.9. The van der Waals surface area contributed by atoms with E-state index in [9.17, 15) is 9.59 Å². The van der Waals surface area contributed by atoms with Gasteiger partial charge in [-0.2, -0.15) is 0 Å². The van der Waals surface area contributed by atoms with Gasteiger partial charge in [0.1, 0.15) is 18.2 Å². The van der Waals surface area contributed by atoms with E-state index in [0.717, 1.165) is 5.56 Å². The largest absolute Gasteiger partial charge is 0.482 e. The minimum Gasteiger partial charge on any atom is -0.482 e. The minimum atomic E-state index is -0.547. The van der Waals surface area contributed by atoms with E-state index in [-0.39, 0.29) is 31.9 Å². The summed E-state index contributed by atoms with van der Waals surface area (Å²) in [4.78, 5) is 29.0. The zero-order valence-electron chi connectivity index (χ0n) is 19.3. The van der Waals surface area contributed by atoms with Gasteiger partial charge in [0.2, 0.25) is 0 Å². The summed E-state index contributed by atoms with van der Waals surface area (Å²) in [5.74, 6) is -0.234. The summed E-state index contributed by atoms with van der Waals surface area (Å²) in [6, 6.07) is 18.8. The lowest BCUT2D eigenvalue weighted by Crippen LogP contribution is -2.28. The fraction of sp³-hybridized carbons (Fsp3) is 0.269. The van der Waals surface area contributed by atoms with Crippen LogP contribution < -0.4 is 15.8 Å². The van der Waals surface area contributed by atoms with Gasteiger partial charge in [-0.15, -0.1) is 0 Å². The van der Waals surface area contributed by atoms with Crippen LogP contribution in [0.15, 0.2) is 66.9 Å². The van der Waals surface area contributed by atoms with Crippen LogP contribution in [0, 0.1) is 6.92 Å². The molecule has 1 heterocycles.